The number of nitrogens with zero attached hydrogens (tertiary/aromatic N) is 4. The Hall–Kier alpha value is -1.26. The molecule has 0 saturated carbocycles. The van der Waals surface area contributed by atoms with Crippen molar-refractivity contribution in [1.82, 2.24) is 19.5 Å². The molecule has 0 aromatic carbocycles. The van der Waals surface area contributed by atoms with Crippen LogP contribution in [0.3, 0.4) is 0 Å². The van der Waals surface area contributed by atoms with Crippen molar-refractivity contribution in [2.75, 3.05) is 12.8 Å². The van der Waals surface area contributed by atoms with Crippen LogP contribution in [0.2, 0.25) is 0 Å². The summed E-state index contributed by atoms with van der Waals surface area (Å²) in [4.78, 5) is 12.1. The van der Waals surface area contributed by atoms with Crippen LogP contribution in [0.15, 0.2) is 17.7 Å². The Balaban J connectivity index is 1.99. The summed E-state index contributed by atoms with van der Waals surface area (Å²) in [5.41, 5.74) is 0.521. The first-order valence-corrected chi connectivity index (χ1v) is 6.62. The number of aromatic nitrogens is 4. The van der Waals surface area contributed by atoms with E-state index in [0.29, 0.717) is 11.8 Å². The van der Waals surface area contributed by atoms with Gasteiger partial charge in [0.05, 0.1) is 12.9 Å². The summed E-state index contributed by atoms with van der Waals surface area (Å²) < 4.78 is 28.7. The third-order valence-electron chi connectivity index (χ3n) is 3.21. The molecule has 1 aliphatic heterocycles. The Morgan fingerprint density at radius 3 is 2.95 bits per heavy atom. The molecule has 1 fully saturated rings. The largest absolute Gasteiger partial charge is 0.394 e. The average molecular weight is 301 g/mol. The van der Waals surface area contributed by atoms with Crippen molar-refractivity contribution in [1.29, 1.82) is 0 Å². The minimum absolute atomic E-state index is 0.181. The van der Waals surface area contributed by atoms with Gasteiger partial charge in [-0.05, 0) is 6.18 Å². The molecule has 20 heavy (non-hydrogen) atoms. The van der Waals surface area contributed by atoms with Crippen molar-refractivity contribution >= 4 is 22.9 Å². The first-order chi connectivity index (χ1) is 10.8. The van der Waals surface area contributed by atoms with Crippen LogP contribution in [0.25, 0.3) is 11.2 Å². The Morgan fingerprint density at radius 2 is 2.25 bits per heavy atom. The number of rotatable bonds is 3. The van der Waals surface area contributed by atoms with Crippen LogP contribution in [0.5, 0.6) is 0 Å². The van der Waals surface area contributed by atoms with Gasteiger partial charge in [0, 0.05) is 4.11 Å². The molecule has 0 amide bonds. The lowest BCUT2D eigenvalue weighted by molar-refractivity contribution is -0.0511. The van der Waals surface area contributed by atoms with Gasteiger partial charge in [-0.15, -0.1) is 11.8 Å². The van der Waals surface area contributed by atoms with E-state index in [1.807, 2.05) is 0 Å². The molecule has 8 nitrogen and oxygen atoms in total. The standard InChI is InChI=1S/C11H14N4O4S/c1-20-10-6-9(12-3-13-10)15(4-14-6)11-8(18)7(17)5(2-16)19-11/h3-5,7-8,11,16-18H,2H2,1H3/t5-,7-,8-,11-/m1/s1/i1D3. The molecule has 0 bridgehead atoms. The summed E-state index contributed by atoms with van der Waals surface area (Å²) in [5.74, 6) is 0. The van der Waals surface area contributed by atoms with Gasteiger partial charge in [-0.1, -0.05) is 0 Å². The van der Waals surface area contributed by atoms with E-state index in [4.69, 9.17) is 14.0 Å². The fraction of sp³-hybridized carbons (Fsp3) is 0.545. The lowest BCUT2D eigenvalue weighted by atomic mass is 10.1. The van der Waals surface area contributed by atoms with Gasteiger partial charge in [0.2, 0.25) is 0 Å². The minimum Gasteiger partial charge on any atom is -0.394 e. The van der Waals surface area contributed by atoms with Gasteiger partial charge in [-0.3, -0.25) is 4.57 Å². The number of hydrogen-bond donors (Lipinski definition) is 3. The summed E-state index contributed by atoms with van der Waals surface area (Å²) >= 11 is 0.573. The Kier molecular flexibility index (Phi) is 2.75. The second-order valence-electron chi connectivity index (χ2n) is 4.33. The van der Waals surface area contributed by atoms with Gasteiger partial charge in [-0.25, -0.2) is 15.0 Å². The van der Waals surface area contributed by atoms with Gasteiger partial charge < -0.3 is 20.1 Å². The van der Waals surface area contributed by atoms with E-state index in [1.54, 1.807) is 0 Å². The first-order valence-electron chi connectivity index (χ1n) is 7.31. The number of fused-ring (bicyclic) bond motifs is 1. The van der Waals surface area contributed by atoms with Crippen LogP contribution in [0, 0.1) is 0 Å². The summed E-state index contributed by atoms with van der Waals surface area (Å²) in [7, 11) is 0. The molecule has 0 spiro atoms. The van der Waals surface area contributed by atoms with Crippen LogP contribution >= 0.6 is 11.8 Å². The first kappa shape index (κ1) is 10.5. The second kappa shape index (κ2) is 5.26. The number of imidazole rings is 1. The lowest BCUT2D eigenvalue weighted by Gasteiger charge is -2.16. The molecular weight excluding hydrogens is 284 g/mol. The van der Waals surface area contributed by atoms with Crippen LogP contribution in [0.1, 0.15) is 10.3 Å². The third kappa shape index (κ3) is 1.98. The van der Waals surface area contributed by atoms with Gasteiger partial charge in [0.1, 0.15) is 35.2 Å². The molecule has 0 unspecified atom stereocenters. The van der Waals surface area contributed by atoms with Crippen molar-refractivity contribution in [2.45, 2.75) is 29.6 Å². The SMILES string of the molecule is [2H]C([2H])([2H])Sc1ncnc2c1ncn2[C@@H]1O[C@H](CO)[C@@H](O)[C@H]1O. The van der Waals surface area contributed by atoms with Crippen molar-refractivity contribution < 1.29 is 24.2 Å². The van der Waals surface area contributed by atoms with Crippen molar-refractivity contribution in [3.8, 4) is 0 Å². The van der Waals surface area contributed by atoms with Crippen molar-refractivity contribution in [2.24, 2.45) is 0 Å². The highest BCUT2D eigenvalue weighted by Crippen LogP contribution is 2.32. The molecule has 1 aliphatic rings. The Labute approximate surface area is 122 Å². The van der Waals surface area contributed by atoms with E-state index in [-0.39, 0.29) is 16.2 Å². The summed E-state index contributed by atoms with van der Waals surface area (Å²) in [6.45, 7) is -0.448. The zero-order valence-corrected chi connectivity index (χ0v) is 10.9. The van der Waals surface area contributed by atoms with Gasteiger partial charge in [0.15, 0.2) is 11.9 Å². The van der Waals surface area contributed by atoms with Crippen LogP contribution < -0.4 is 0 Å². The number of aliphatic hydroxyl groups excluding tert-OH is 3. The highest BCUT2D eigenvalue weighted by molar-refractivity contribution is 7.98. The molecule has 3 N–H and O–H groups in total. The topological polar surface area (TPSA) is 114 Å². The highest BCUT2D eigenvalue weighted by atomic mass is 32.2. The molecule has 3 rings (SSSR count). The zero-order valence-electron chi connectivity index (χ0n) is 13.1. The number of thioether (sulfide) groups is 1. The van der Waals surface area contributed by atoms with E-state index in [2.05, 4.69) is 15.0 Å². The molecule has 0 radical (unpaired) electrons. The van der Waals surface area contributed by atoms with E-state index in [9.17, 15) is 10.2 Å². The number of aliphatic hydroxyl groups is 3. The van der Waals surface area contributed by atoms with E-state index in [1.165, 1.54) is 17.2 Å². The highest BCUT2D eigenvalue weighted by Gasteiger charge is 2.43. The van der Waals surface area contributed by atoms with Gasteiger partial charge in [0.25, 0.3) is 0 Å². The monoisotopic (exact) mass is 301 g/mol. The summed E-state index contributed by atoms with van der Waals surface area (Å²) in [5, 5.41) is 29.2. The van der Waals surface area contributed by atoms with Crippen molar-refractivity contribution in [3.05, 3.63) is 12.7 Å². The molecule has 2 aromatic rings. The molecular formula is C11H14N4O4S. The fourth-order valence-electron chi connectivity index (χ4n) is 2.20. The molecule has 2 aromatic heterocycles. The van der Waals surface area contributed by atoms with E-state index >= 15 is 0 Å². The quantitative estimate of drug-likeness (QED) is 0.497. The minimum atomic E-state index is -2.29. The van der Waals surface area contributed by atoms with Crippen molar-refractivity contribution in [3.63, 3.8) is 0 Å². The van der Waals surface area contributed by atoms with E-state index < -0.39 is 37.3 Å². The average Bonchev–Trinajstić information content (AvgIpc) is 3.01. The molecule has 9 heteroatoms. The second-order valence-corrected chi connectivity index (χ2v) is 4.92. The predicted molar refractivity (Wildman–Crippen MR) is 70.1 cm³/mol. The summed E-state index contributed by atoms with van der Waals surface area (Å²) in [6, 6.07) is 0. The van der Waals surface area contributed by atoms with Gasteiger partial charge in [-0.2, -0.15) is 0 Å². The Bertz CT molecular complexity index is 712. The van der Waals surface area contributed by atoms with Crippen LogP contribution in [0.4, 0.5) is 0 Å². The maximum atomic E-state index is 10.1. The smallest absolute Gasteiger partial charge is 0.166 e. The lowest BCUT2D eigenvalue weighted by Crippen LogP contribution is -2.33. The number of hydrogen-bond acceptors (Lipinski definition) is 8. The van der Waals surface area contributed by atoms with Gasteiger partial charge >= 0.3 is 0 Å². The summed E-state index contributed by atoms with van der Waals surface area (Å²) in [6.07, 6.45) is -4.22. The third-order valence-corrected chi connectivity index (χ3v) is 3.71. The van der Waals surface area contributed by atoms with E-state index in [0.717, 1.165) is 0 Å². The van der Waals surface area contributed by atoms with Crippen LogP contribution in [-0.2, 0) is 4.74 Å². The normalized spacial score (nSPS) is 33.0. The molecule has 4 atom stereocenters. The zero-order chi connectivity index (χ0) is 16.8. The molecule has 3 heterocycles. The molecule has 1 saturated heterocycles. The predicted octanol–water partition coefficient (Wildman–Crippen LogP) is -0.840. The Morgan fingerprint density at radius 1 is 1.40 bits per heavy atom. The van der Waals surface area contributed by atoms with Crippen LogP contribution in [-0.4, -0.2) is 65.9 Å². The molecule has 0 aliphatic carbocycles. The number of ether oxygens (including phenoxy) is 1. The maximum absolute atomic E-state index is 10.1. The molecule has 108 valence electrons. The fourth-order valence-corrected chi connectivity index (χ4v) is 2.54. The maximum Gasteiger partial charge on any atom is 0.166 e.